The molecule has 0 saturated heterocycles. The van der Waals surface area contributed by atoms with Crippen LogP contribution in [-0.2, 0) is 13.6 Å². The van der Waals surface area contributed by atoms with Gasteiger partial charge in [0.15, 0.2) is 17.0 Å². The molecule has 0 bridgehead atoms. The van der Waals surface area contributed by atoms with Crippen LogP contribution in [0.25, 0.3) is 27.9 Å². The van der Waals surface area contributed by atoms with E-state index >= 15 is 0 Å². The molecule has 6 rings (SSSR count). The zero-order valence-electron chi connectivity index (χ0n) is 18.6. The van der Waals surface area contributed by atoms with Gasteiger partial charge >= 0.3 is 0 Å². The van der Waals surface area contributed by atoms with Crippen molar-refractivity contribution in [1.29, 1.82) is 0 Å². The number of nitrogens with zero attached hydrogens (tertiary/aromatic N) is 6. The fourth-order valence-electron chi connectivity index (χ4n) is 4.00. The Labute approximate surface area is 196 Å². The van der Waals surface area contributed by atoms with Crippen LogP contribution in [0.2, 0.25) is 0 Å². The van der Waals surface area contributed by atoms with Crippen molar-refractivity contribution in [2.45, 2.75) is 6.54 Å². The van der Waals surface area contributed by atoms with Crippen molar-refractivity contribution in [2.24, 2.45) is 7.05 Å². The molecule has 0 aliphatic rings. The van der Waals surface area contributed by atoms with Gasteiger partial charge in [0.2, 0.25) is 11.9 Å². The molecule has 0 fully saturated rings. The number of hydrogen-bond acceptors (Lipinski definition) is 6. The molecule has 2 N–H and O–H groups in total. The van der Waals surface area contributed by atoms with E-state index in [4.69, 9.17) is 15.0 Å². The van der Waals surface area contributed by atoms with Gasteiger partial charge in [0.25, 0.3) is 0 Å². The number of aryl methyl sites for hydroxylation is 1. The second kappa shape index (κ2) is 8.32. The molecule has 0 aliphatic heterocycles. The summed E-state index contributed by atoms with van der Waals surface area (Å²) in [5.74, 6) is 1.77. The molecule has 0 saturated carbocycles. The summed E-state index contributed by atoms with van der Waals surface area (Å²) in [4.78, 5) is 18.9. The van der Waals surface area contributed by atoms with Crippen molar-refractivity contribution in [3.8, 4) is 5.69 Å². The van der Waals surface area contributed by atoms with Gasteiger partial charge in [-0.15, -0.1) is 0 Å². The Balaban J connectivity index is 1.44. The monoisotopic (exact) mass is 446 g/mol. The Morgan fingerprint density at radius 2 is 1.53 bits per heavy atom. The summed E-state index contributed by atoms with van der Waals surface area (Å²) in [5.41, 5.74) is 5.48. The van der Waals surface area contributed by atoms with Crippen molar-refractivity contribution >= 4 is 39.9 Å². The molecule has 34 heavy (non-hydrogen) atoms. The lowest BCUT2D eigenvalue weighted by Gasteiger charge is -2.11. The van der Waals surface area contributed by atoms with Crippen molar-refractivity contribution in [3.63, 3.8) is 0 Å². The number of imidazole rings is 2. The third-order valence-corrected chi connectivity index (χ3v) is 5.74. The van der Waals surface area contributed by atoms with E-state index in [1.165, 1.54) is 0 Å². The maximum Gasteiger partial charge on any atom is 0.233 e. The molecule has 0 spiro atoms. The van der Waals surface area contributed by atoms with Crippen LogP contribution in [0.4, 0.5) is 17.7 Å². The lowest BCUT2D eigenvalue weighted by atomic mass is 10.2. The first-order chi connectivity index (χ1) is 16.8. The fraction of sp³-hybridized carbons (Fsp3) is 0.0769. The average Bonchev–Trinajstić information content (AvgIpc) is 3.45. The van der Waals surface area contributed by atoms with E-state index in [0.717, 1.165) is 22.3 Å². The van der Waals surface area contributed by atoms with Gasteiger partial charge in [-0.05, 0) is 29.8 Å². The number of benzene rings is 3. The first-order valence-corrected chi connectivity index (χ1v) is 11.0. The highest BCUT2D eigenvalue weighted by molar-refractivity contribution is 5.86. The highest BCUT2D eigenvalue weighted by Crippen LogP contribution is 2.26. The minimum absolute atomic E-state index is 0.444. The van der Waals surface area contributed by atoms with Gasteiger partial charge in [0, 0.05) is 19.3 Å². The molecule has 6 aromatic rings. The molecule has 3 heterocycles. The molecule has 8 nitrogen and oxygen atoms in total. The Morgan fingerprint density at radius 1 is 0.794 bits per heavy atom. The first kappa shape index (κ1) is 19.9. The number of fused-ring (bicyclic) bond motifs is 2. The predicted molar refractivity (Wildman–Crippen MR) is 134 cm³/mol. The van der Waals surface area contributed by atoms with Crippen LogP contribution in [0.1, 0.15) is 5.56 Å². The summed E-state index contributed by atoms with van der Waals surface area (Å²) < 4.78 is 3.96. The molecule has 0 aliphatic carbocycles. The molecule has 166 valence electrons. The van der Waals surface area contributed by atoms with Crippen LogP contribution in [0.15, 0.2) is 91.3 Å². The van der Waals surface area contributed by atoms with E-state index in [9.17, 15) is 0 Å². The smallest absolute Gasteiger partial charge is 0.233 e. The van der Waals surface area contributed by atoms with Crippen molar-refractivity contribution in [1.82, 2.24) is 29.1 Å². The molecule has 0 unspecified atom stereocenters. The molecule has 0 atom stereocenters. The Kier molecular flexibility index (Phi) is 4.88. The number of para-hydroxylation sites is 3. The summed E-state index contributed by atoms with van der Waals surface area (Å²) in [7, 11) is 1.97. The van der Waals surface area contributed by atoms with Crippen LogP contribution in [0, 0.1) is 0 Å². The highest BCUT2D eigenvalue weighted by Gasteiger charge is 2.16. The third kappa shape index (κ3) is 3.61. The summed E-state index contributed by atoms with van der Waals surface area (Å²) >= 11 is 0. The van der Waals surface area contributed by atoms with Crippen LogP contribution in [0.5, 0.6) is 0 Å². The summed E-state index contributed by atoms with van der Waals surface area (Å²) in [6.07, 6.45) is 1.78. The normalized spacial score (nSPS) is 11.2. The van der Waals surface area contributed by atoms with Gasteiger partial charge in [0.05, 0.1) is 11.0 Å². The predicted octanol–water partition coefficient (Wildman–Crippen LogP) is 5.06. The third-order valence-electron chi connectivity index (χ3n) is 5.74. The van der Waals surface area contributed by atoms with Gasteiger partial charge < -0.3 is 9.88 Å². The number of nitrogens with one attached hydrogen (secondary N) is 2. The van der Waals surface area contributed by atoms with Crippen LogP contribution >= 0.6 is 0 Å². The zero-order chi connectivity index (χ0) is 22.9. The van der Waals surface area contributed by atoms with Crippen molar-refractivity contribution in [2.75, 3.05) is 10.6 Å². The van der Waals surface area contributed by atoms with Crippen LogP contribution in [0.3, 0.4) is 0 Å². The average molecular weight is 447 g/mol. The topological polar surface area (TPSA) is 85.5 Å². The van der Waals surface area contributed by atoms with Gasteiger partial charge in [0.1, 0.15) is 6.33 Å². The standard InChI is InChI=1S/C26H22N8/c1-33-21-15-9-8-14-20(21)29-26(33)32-25-30-23(27-16-18-10-4-2-5-11-18)22-24(31-25)34(17-28-22)19-12-6-3-7-13-19/h2-15,17H,16H2,1H3,(H2,27,29,30,31,32). The minimum Gasteiger partial charge on any atom is -0.364 e. The molecule has 0 amide bonds. The van der Waals surface area contributed by atoms with E-state index in [0.29, 0.717) is 35.4 Å². The van der Waals surface area contributed by atoms with Gasteiger partial charge in [-0.1, -0.05) is 60.7 Å². The van der Waals surface area contributed by atoms with E-state index in [-0.39, 0.29) is 0 Å². The summed E-state index contributed by atoms with van der Waals surface area (Å²) in [6.45, 7) is 0.622. The zero-order valence-corrected chi connectivity index (χ0v) is 18.6. The quantitative estimate of drug-likeness (QED) is 0.372. The second-order valence-corrected chi connectivity index (χ2v) is 7.97. The van der Waals surface area contributed by atoms with E-state index in [1.807, 2.05) is 89.0 Å². The van der Waals surface area contributed by atoms with Crippen molar-refractivity contribution in [3.05, 3.63) is 96.8 Å². The summed E-state index contributed by atoms with van der Waals surface area (Å²) in [6, 6.07) is 28.2. The fourth-order valence-corrected chi connectivity index (χ4v) is 4.00. The van der Waals surface area contributed by atoms with Gasteiger partial charge in [-0.3, -0.25) is 9.88 Å². The number of hydrogen-bond donors (Lipinski definition) is 2. The Bertz CT molecular complexity index is 1590. The SMILES string of the molecule is Cn1c(Nc2nc(NCc3ccccc3)c3ncn(-c4ccccc4)c3n2)nc2ccccc21. The molecule has 3 aromatic carbocycles. The number of rotatable bonds is 6. The molecular weight excluding hydrogens is 424 g/mol. The Morgan fingerprint density at radius 3 is 2.32 bits per heavy atom. The maximum atomic E-state index is 4.82. The summed E-state index contributed by atoms with van der Waals surface area (Å²) in [5, 5.41) is 6.75. The highest BCUT2D eigenvalue weighted by atomic mass is 15.3. The second-order valence-electron chi connectivity index (χ2n) is 7.97. The van der Waals surface area contributed by atoms with Gasteiger partial charge in [-0.2, -0.15) is 9.97 Å². The molecule has 8 heteroatoms. The lowest BCUT2D eigenvalue weighted by Crippen LogP contribution is -2.08. The van der Waals surface area contributed by atoms with E-state index in [2.05, 4.69) is 27.8 Å². The van der Waals surface area contributed by atoms with Crippen LogP contribution in [-0.4, -0.2) is 29.1 Å². The molecule has 0 radical (unpaired) electrons. The first-order valence-electron chi connectivity index (χ1n) is 11.0. The number of anilines is 3. The largest absolute Gasteiger partial charge is 0.364 e. The molecular formula is C26H22N8. The van der Waals surface area contributed by atoms with Gasteiger partial charge in [-0.25, -0.2) is 9.97 Å². The molecule has 3 aromatic heterocycles. The Hall–Kier alpha value is -4.72. The maximum absolute atomic E-state index is 4.82. The number of aromatic nitrogens is 6. The minimum atomic E-state index is 0.444. The van der Waals surface area contributed by atoms with E-state index < -0.39 is 0 Å². The van der Waals surface area contributed by atoms with Crippen molar-refractivity contribution < 1.29 is 0 Å². The lowest BCUT2D eigenvalue weighted by molar-refractivity contribution is 0.949. The van der Waals surface area contributed by atoms with E-state index in [1.54, 1.807) is 6.33 Å². The van der Waals surface area contributed by atoms with Crippen LogP contribution < -0.4 is 10.6 Å².